The van der Waals surface area contributed by atoms with Crippen molar-refractivity contribution in [2.24, 2.45) is 7.05 Å². The monoisotopic (exact) mass is 287 g/mol. The van der Waals surface area contributed by atoms with E-state index < -0.39 is 29.4 Å². The number of hydrogen-bond donors (Lipinski definition) is 2. The van der Waals surface area contributed by atoms with E-state index in [0.717, 1.165) is 4.57 Å². The summed E-state index contributed by atoms with van der Waals surface area (Å²) in [4.78, 5) is 26.0. The number of anilines is 1. The number of aromatic carboxylic acids is 1. The summed E-state index contributed by atoms with van der Waals surface area (Å²) < 4.78 is 38.0. The van der Waals surface area contributed by atoms with Gasteiger partial charge in [-0.05, 0) is 12.1 Å². The van der Waals surface area contributed by atoms with Gasteiger partial charge in [0.1, 0.15) is 5.65 Å². The Morgan fingerprint density at radius 3 is 2.60 bits per heavy atom. The maximum atomic E-state index is 12.3. The van der Waals surface area contributed by atoms with Crippen LogP contribution in [-0.2, 0) is 11.8 Å². The predicted molar refractivity (Wildman–Crippen MR) is 62.4 cm³/mol. The normalized spacial score (nSPS) is 11.6. The molecule has 0 atom stereocenters. The second-order valence-corrected chi connectivity index (χ2v) is 3.91. The summed E-state index contributed by atoms with van der Waals surface area (Å²) in [6, 6.07) is 2.80. The zero-order valence-electron chi connectivity index (χ0n) is 10.0. The number of carbonyl (C=O) groups is 2. The van der Waals surface area contributed by atoms with Crippen molar-refractivity contribution in [2.75, 3.05) is 5.32 Å². The van der Waals surface area contributed by atoms with E-state index in [1.165, 1.54) is 25.4 Å². The largest absolute Gasteiger partial charge is 0.477 e. The molecule has 0 aliphatic carbocycles. The summed E-state index contributed by atoms with van der Waals surface area (Å²) in [5.41, 5.74) is -0.746. The van der Waals surface area contributed by atoms with Crippen LogP contribution >= 0.6 is 0 Å². The fraction of sp³-hybridized carbons (Fsp3) is 0.182. The summed E-state index contributed by atoms with van der Waals surface area (Å²) in [6.07, 6.45) is -3.75. The summed E-state index contributed by atoms with van der Waals surface area (Å²) in [5.74, 6) is -3.71. The molecule has 0 bridgehead atoms. The van der Waals surface area contributed by atoms with Gasteiger partial charge in [0.25, 0.3) is 0 Å². The Hall–Kier alpha value is -2.58. The van der Waals surface area contributed by atoms with Gasteiger partial charge < -0.3 is 15.0 Å². The van der Waals surface area contributed by atoms with Crippen LogP contribution in [0.3, 0.4) is 0 Å². The molecule has 106 valence electrons. The number of hydrogen-bond acceptors (Lipinski definition) is 3. The van der Waals surface area contributed by atoms with Gasteiger partial charge in [-0.2, -0.15) is 13.2 Å². The van der Waals surface area contributed by atoms with Crippen molar-refractivity contribution in [3.05, 3.63) is 24.0 Å². The highest BCUT2D eigenvalue weighted by Gasteiger charge is 2.40. The minimum atomic E-state index is -5.11. The number of carbonyl (C=O) groups excluding carboxylic acids is 1. The number of fused-ring (bicyclic) bond motifs is 1. The van der Waals surface area contributed by atoms with Crippen LogP contribution in [0.4, 0.5) is 18.9 Å². The molecule has 1 amide bonds. The van der Waals surface area contributed by atoms with Crippen LogP contribution in [0.2, 0.25) is 0 Å². The molecule has 0 fully saturated rings. The highest BCUT2D eigenvalue weighted by atomic mass is 19.4. The van der Waals surface area contributed by atoms with Gasteiger partial charge in [0.05, 0.1) is 5.69 Å². The second-order valence-electron chi connectivity index (χ2n) is 3.91. The molecule has 0 aliphatic heterocycles. The lowest BCUT2D eigenvalue weighted by atomic mass is 10.2. The number of aromatic nitrogens is 2. The number of nitrogens with one attached hydrogen (secondary N) is 1. The molecule has 2 N–H and O–H groups in total. The van der Waals surface area contributed by atoms with Crippen LogP contribution in [0.15, 0.2) is 18.3 Å². The number of nitrogens with zero attached hydrogens (tertiary/aromatic N) is 2. The van der Waals surface area contributed by atoms with Gasteiger partial charge in [-0.25, -0.2) is 9.78 Å². The molecule has 6 nitrogen and oxygen atoms in total. The molecular weight excluding hydrogens is 279 g/mol. The van der Waals surface area contributed by atoms with Crippen molar-refractivity contribution < 1.29 is 27.9 Å². The van der Waals surface area contributed by atoms with E-state index in [-0.39, 0.29) is 11.0 Å². The molecule has 0 aromatic carbocycles. The minimum Gasteiger partial charge on any atom is -0.477 e. The highest BCUT2D eigenvalue weighted by Crippen LogP contribution is 2.30. The molecule has 0 saturated heterocycles. The molecular formula is C11H8F3N3O3. The quantitative estimate of drug-likeness (QED) is 0.881. The third kappa shape index (κ3) is 2.17. The molecule has 0 unspecified atom stereocenters. The van der Waals surface area contributed by atoms with E-state index in [1.54, 1.807) is 5.32 Å². The van der Waals surface area contributed by atoms with Crippen LogP contribution in [0.5, 0.6) is 0 Å². The lowest BCUT2D eigenvalue weighted by molar-refractivity contribution is -0.167. The van der Waals surface area contributed by atoms with Gasteiger partial charge in [0.2, 0.25) is 0 Å². The van der Waals surface area contributed by atoms with Crippen LogP contribution < -0.4 is 5.32 Å². The minimum absolute atomic E-state index is 0.116. The first-order chi connectivity index (χ1) is 9.23. The van der Waals surface area contributed by atoms with E-state index in [0.29, 0.717) is 0 Å². The molecule has 0 aliphatic rings. The van der Waals surface area contributed by atoms with Gasteiger partial charge in [-0.1, -0.05) is 0 Å². The van der Waals surface area contributed by atoms with Crippen LogP contribution in [0.1, 0.15) is 10.5 Å². The Bertz CT molecular complexity index is 706. The lowest BCUT2D eigenvalue weighted by Crippen LogP contribution is -2.30. The Morgan fingerprint density at radius 1 is 1.40 bits per heavy atom. The SMILES string of the molecule is Cn1c(C(=O)O)c(NC(=O)C(F)(F)F)c2cccnc21. The van der Waals surface area contributed by atoms with E-state index in [1.807, 2.05) is 0 Å². The molecule has 20 heavy (non-hydrogen) atoms. The van der Waals surface area contributed by atoms with Gasteiger partial charge >= 0.3 is 18.1 Å². The van der Waals surface area contributed by atoms with E-state index in [9.17, 15) is 22.8 Å². The second kappa shape index (κ2) is 4.51. The van der Waals surface area contributed by atoms with E-state index in [4.69, 9.17) is 5.11 Å². The molecule has 0 spiro atoms. The van der Waals surface area contributed by atoms with Gasteiger partial charge in [-0.15, -0.1) is 0 Å². The van der Waals surface area contributed by atoms with Gasteiger partial charge in [0.15, 0.2) is 5.69 Å². The zero-order valence-corrected chi connectivity index (χ0v) is 10.0. The number of amides is 1. The number of carboxylic acid groups (broad SMARTS) is 1. The zero-order chi connectivity index (χ0) is 15.1. The maximum Gasteiger partial charge on any atom is 0.471 e. The molecule has 2 rings (SSSR count). The molecule has 9 heteroatoms. The predicted octanol–water partition coefficient (Wildman–Crippen LogP) is 1.77. The third-order valence-corrected chi connectivity index (χ3v) is 2.64. The number of alkyl halides is 3. The molecule has 0 radical (unpaired) electrons. The Morgan fingerprint density at radius 2 is 2.05 bits per heavy atom. The Labute approximate surface area is 109 Å². The first kappa shape index (κ1) is 13.8. The smallest absolute Gasteiger partial charge is 0.471 e. The maximum absolute atomic E-state index is 12.3. The first-order valence-electron chi connectivity index (χ1n) is 5.28. The van der Waals surface area contributed by atoms with Crippen LogP contribution in [0, 0.1) is 0 Å². The lowest BCUT2D eigenvalue weighted by Gasteiger charge is -2.08. The fourth-order valence-corrected chi connectivity index (χ4v) is 1.82. The topological polar surface area (TPSA) is 84.2 Å². The van der Waals surface area contributed by atoms with Crippen LogP contribution in [0.25, 0.3) is 11.0 Å². The average molecular weight is 287 g/mol. The Kier molecular flexibility index (Phi) is 3.12. The van der Waals surface area contributed by atoms with Gasteiger partial charge in [-0.3, -0.25) is 4.79 Å². The fourth-order valence-electron chi connectivity index (χ4n) is 1.82. The standard InChI is InChI=1S/C11H8F3N3O3/c1-17-7(9(18)19)6(16-10(20)11(12,13)14)5-3-2-4-15-8(5)17/h2-4H,1H3,(H,16,20)(H,18,19). The highest BCUT2D eigenvalue weighted by molar-refractivity contribution is 6.11. The number of halogens is 3. The van der Waals surface area contributed by atoms with Crippen molar-refractivity contribution in [1.29, 1.82) is 0 Å². The Balaban J connectivity index is 2.65. The summed E-state index contributed by atoms with van der Waals surface area (Å²) in [6.45, 7) is 0. The van der Waals surface area contributed by atoms with Crippen molar-refractivity contribution in [1.82, 2.24) is 9.55 Å². The summed E-state index contributed by atoms with van der Waals surface area (Å²) in [7, 11) is 1.34. The number of rotatable bonds is 2. The molecule has 2 aromatic rings. The third-order valence-electron chi connectivity index (χ3n) is 2.64. The van der Waals surface area contributed by atoms with Gasteiger partial charge in [0, 0.05) is 18.6 Å². The molecule has 2 heterocycles. The molecule has 2 aromatic heterocycles. The van der Waals surface area contributed by atoms with E-state index >= 15 is 0 Å². The number of carboxylic acids is 1. The summed E-state index contributed by atoms with van der Waals surface area (Å²) in [5, 5.41) is 10.8. The number of aryl methyl sites for hydroxylation is 1. The first-order valence-corrected chi connectivity index (χ1v) is 5.28. The molecule has 0 saturated carbocycles. The van der Waals surface area contributed by atoms with Crippen LogP contribution in [-0.4, -0.2) is 32.7 Å². The van der Waals surface area contributed by atoms with E-state index in [2.05, 4.69) is 4.98 Å². The van der Waals surface area contributed by atoms with Crippen molar-refractivity contribution in [2.45, 2.75) is 6.18 Å². The van der Waals surface area contributed by atoms with Crippen molar-refractivity contribution in [3.63, 3.8) is 0 Å². The summed E-state index contributed by atoms with van der Waals surface area (Å²) >= 11 is 0. The average Bonchev–Trinajstić information content (AvgIpc) is 2.62. The van der Waals surface area contributed by atoms with Crippen molar-refractivity contribution >= 4 is 28.6 Å². The number of pyridine rings is 1. The van der Waals surface area contributed by atoms with Crippen molar-refractivity contribution in [3.8, 4) is 0 Å².